The molecule has 0 atom stereocenters. The van der Waals surface area contributed by atoms with Gasteiger partial charge in [0.15, 0.2) is 0 Å². The van der Waals surface area contributed by atoms with E-state index in [9.17, 15) is 38.9 Å². The quantitative estimate of drug-likeness (QED) is 0.116. The molecular weight excluding hydrogens is 515 g/mol. The standard InChI is InChI=1S/C16H11NO9S3.3Na/c17-11-6-2-7-1-3-9-13-10(5-4-8(11)12(7)13)15(28(21,22)23)16(29(24,25)26)14(9)27(18,19)20;;;/h1-6H,17H2,(H,18,19,20)(H,21,22,23)(H,24,25,26);;;/q;3*+1/p-3. The third-order valence-corrected chi connectivity index (χ3v) is 7.61. The topological polar surface area (TPSA) is 198 Å². The Morgan fingerprint density at radius 1 is 0.531 bits per heavy atom. The van der Waals surface area contributed by atoms with Gasteiger partial charge in [-0.1, -0.05) is 30.3 Å². The van der Waals surface area contributed by atoms with Crippen LogP contribution in [0.2, 0.25) is 0 Å². The molecule has 4 aromatic carbocycles. The fourth-order valence-electron chi connectivity index (χ4n) is 3.62. The van der Waals surface area contributed by atoms with Gasteiger partial charge in [0.1, 0.15) is 30.4 Å². The zero-order chi connectivity index (χ0) is 21.5. The predicted molar refractivity (Wildman–Crippen MR) is 98.4 cm³/mol. The minimum Gasteiger partial charge on any atom is -0.744 e. The van der Waals surface area contributed by atoms with E-state index in [1.54, 1.807) is 0 Å². The molecule has 0 bridgehead atoms. The molecule has 152 valence electrons. The van der Waals surface area contributed by atoms with Gasteiger partial charge in [-0.05, 0) is 16.8 Å². The van der Waals surface area contributed by atoms with Gasteiger partial charge >= 0.3 is 88.7 Å². The SMILES string of the molecule is Nc1ccc2ccc3c(S(=O)(=O)[O-])c(S(=O)(=O)[O-])c(S(=O)(=O)[O-])c4ccc1c2c34.[Na+].[Na+].[Na+]. The molecule has 0 heterocycles. The molecule has 4 rings (SSSR count). The number of nitrogen functional groups attached to an aromatic ring is 1. The summed E-state index contributed by atoms with van der Waals surface area (Å²) < 4.78 is 107. The maximum Gasteiger partial charge on any atom is 1.00 e. The van der Waals surface area contributed by atoms with E-state index in [1.807, 2.05) is 0 Å². The van der Waals surface area contributed by atoms with Crippen LogP contribution in [0, 0.1) is 0 Å². The number of hydrogen-bond donors (Lipinski definition) is 1. The first-order valence-electron chi connectivity index (χ1n) is 7.63. The summed E-state index contributed by atoms with van der Waals surface area (Å²) in [5.41, 5.74) is 6.13. The summed E-state index contributed by atoms with van der Waals surface area (Å²) in [6, 6.07) is 7.84. The van der Waals surface area contributed by atoms with Crippen LogP contribution >= 0.6 is 0 Å². The van der Waals surface area contributed by atoms with Crippen LogP contribution in [0.1, 0.15) is 0 Å². The number of anilines is 1. The van der Waals surface area contributed by atoms with Crippen LogP contribution in [0.4, 0.5) is 5.69 Å². The molecule has 32 heavy (non-hydrogen) atoms. The van der Waals surface area contributed by atoms with Crippen molar-refractivity contribution < 1.29 is 128 Å². The largest absolute Gasteiger partial charge is 1.00 e. The van der Waals surface area contributed by atoms with Crippen LogP contribution in [0.15, 0.2) is 51.1 Å². The van der Waals surface area contributed by atoms with Crippen molar-refractivity contribution in [3.63, 3.8) is 0 Å². The van der Waals surface area contributed by atoms with E-state index in [0.29, 0.717) is 10.8 Å². The van der Waals surface area contributed by atoms with Gasteiger partial charge in [-0.25, -0.2) is 25.3 Å². The van der Waals surface area contributed by atoms with Crippen LogP contribution in [0.3, 0.4) is 0 Å². The van der Waals surface area contributed by atoms with Gasteiger partial charge in [-0.3, -0.25) is 0 Å². The number of hydrogen-bond acceptors (Lipinski definition) is 10. The Balaban J connectivity index is 0.00000171. The molecule has 0 saturated heterocycles. The second-order valence-corrected chi connectivity index (χ2v) is 10.2. The number of rotatable bonds is 3. The molecule has 2 N–H and O–H groups in total. The fraction of sp³-hybridized carbons (Fsp3) is 0. The zero-order valence-corrected chi connectivity index (χ0v) is 25.4. The molecule has 0 saturated carbocycles. The minimum absolute atomic E-state index is 0. The van der Waals surface area contributed by atoms with Crippen molar-refractivity contribution in [2.45, 2.75) is 14.7 Å². The van der Waals surface area contributed by atoms with Gasteiger partial charge in [-0.15, -0.1) is 0 Å². The van der Waals surface area contributed by atoms with Gasteiger partial charge in [0, 0.05) is 27.2 Å². The maximum atomic E-state index is 11.9. The summed E-state index contributed by atoms with van der Waals surface area (Å²) in [6.45, 7) is 0. The first-order chi connectivity index (χ1) is 13.2. The first kappa shape index (κ1) is 30.5. The van der Waals surface area contributed by atoms with E-state index < -0.39 is 55.8 Å². The summed E-state index contributed by atoms with van der Waals surface area (Å²) in [5, 5.41) is -0.162. The molecule has 0 aliphatic heterocycles. The van der Waals surface area contributed by atoms with Crippen molar-refractivity contribution in [3.05, 3.63) is 36.4 Å². The zero-order valence-electron chi connectivity index (χ0n) is 16.9. The van der Waals surface area contributed by atoms with Crippen molar-refractivity contribution in [1.29, 1.82) is 0 Å². The molecule has 0 aliphatic carbocycles. The Morgan fingerprint density at radius 2 is 0.906 bits per heavy atom. The summed E-state index contributed by atoms with van der Waals surface area (Å²) >= 11 is 0. The van der Waals surface area contributed by atoms with Crippen LogP contribution in [0.5, 0.6) is 0 Å². The molecule has 0 unspecified atom stereocenters. The molecule has 16 heteroatoms. The van der Waals surface area contributed by atoms with Crippen molar-refractivity contribution in [3.8, 4) is 0 Å². The van der Waals surface area contributed by atoms with Crippen molar-refractivity contribution >= 4 is 68.4 Å². The average molecular weight is 523 g/mol. The Kier molecular flexibility index (Phi) is 9.37. The summed E-state index contributed by atoms with van der Waals surface area (Å²) in [6.07, 6.45) is 0. The molecular formula is C16H8NNa3O9S3. The van der Waals surface area contributed by atoms with E-state index in [2.05, 4.69) is 0 Å². The van der Waals surface area contributed by atoms with E-state index >= 15 is 0 Å². The second-order valence-electron chi connectivity index (χ2n) is 6.25. The normalized spacial score (nSPS) is 12.3. The molecule has 4 aromatic rings. The number of benzene rings is 4. The van der Waals surface area contributed by atoms with E-state index in [4.69, 9.17) is 5.73 Å². The third kappa shape index (κ3) is 4.90. The van der Waals surface area contributed by atoms with Crippen LogP contribution in [0.25, 0.3) is 32.3 Å². The van der Waals surface area contributed by atoms with Crippen molar-refractivity contribution in [1.82, 2.24) is 0 Å². The summed E-state index contributed by atoms with van der Waals surface area (Å²) in [7, 11) is -17.3. The fourth-order valence-corrected chi connectivity index (χ4v) is 7.12. The van der Waals surface area contributed by atoms with Gasteiger partial charge < -0.3 is 19.4 Å². The van der Waals surface area contributed by atoms with E-state index in [0.717, 1.165) is 12.1 Å². The smallest absolute Gasteiger partial charge is 0.744 e. The molecule has 0 spiro atoms. The average Bonchev–Trinajstić information content (AvgIpc) is 2.57. The van der Waals surface area contributed by atoms with Crippen LogP contribution < -0.4 is 94.4 Å². The van der Waals surface area contributed by atoms with Crippen molar-refractivity contribution in [2.24, 2.45) is 0 Å². The molecule has 0 amide bonds. The Bertz CT molecular complexity index is 1630. The minimum atomic E-state index is -5.86. The molecule has 0 radical (unpaired) electrons. The first-order valence-corrected chi connectivity index (χ1v) is 11.9. The van der Waals surface area contributed by atoms with Crippen molar-refractivity contribution in [2.75, 3.05) is 5.73 Å². The third-order valence-electron chi connectivity index (χ3n) is 4.60. The second kappa shape index (κ2) is 9.84. The van der Waals surface area contributed by atoms with E-state index in [-0.39, 0.29) is 105 Å². The summed E-state index contributed by atoms with van der Waals surface area (Å²) in [4.78, 5) is -5.03. The molecule has 0 fully saturated rings. The van der Waals surface area contributed by atoms with Crippen LogP contribution in [-0.2, 0) is 30.4 Å². The van der Waals surface area contributed by atoms with Gasteiger partial charge in [0.05, 0.1) is 14.7 Å². The molecule has 10 nitrogen and oxygen atoms in total. The Hall–Kier alpha value is 0.450. The molecule has 0 aliphatic rings. The Labute approximate surface area is 249 Å². The summed E-state index contributed by atoms with van der Waals surface area (Å²) in [5.74, 6) is 0. The van der Waals surface area contributed by atoms with E-state index in [1.165, 1.54) is 24.3 Å². The molecule has 0 aromatic heterocycles. The Morgan fingerprint density at radius 3 is 1.34 bits per heavy atom. The van der Waals surface area contributed by atoms with Gasteiger partial charge in [0.2, 0.25) is 0 Å². The van der Waals surface area contributed by atoms with Gasteiger partial charge in [0.25, 0.3) is 0 Å². The van der Waals surface area contributed by atoms with Crippen LogP contribution in [-0.4, -0.2) is 38.9 Å². The predicted octanol–water partition coefficient (Wildman–Crippen LogP) is -8.11. The monoisotopic (exact) mass is 523 g/mol. The van der Waals surface area contributed by atoms with Gasteiger partial charge in [-0.2, -0.15) is 0 Å². The number of nitrogens with two attached hydrogens (primary N) is 1. The maximum absolute atomic E-state index is 11.9.